The summed E-state index contributed by atoms with van der Waals surface area (Å²) in [6.45, 7) is 6.91. The summed E-state index contributed by atoms with van der Waals surface area (Å²) in [7, 11) is 4.21. The summed E-state index contributed by atoms with van der Waals surface area (Å²) in [4.78, 5) is 14.8. The largest absolute Gasteiger partial charge is 0.416 e. The van der Waals surface area contributed by atoms with Gasteiger partial charge in [0.1, 0.15) is 15.7 Å². The Bertz CT molecular complexity index is 1060. The number of fused-ring (bicyclic) bond motifs is 1. The molecular weight excluding hydrogens is 411 g/mol. The maximum Gasteiger partial charge on any atom is 0.416 e. The topological polar surface area (TPSA) is 32.3 Å². The monoisotopic (exact) mass is 440 g/mol. The van der Waals surface area contributed by atoms with Crippen molar-refractivity contribution in [2.24, 2.45) is 5.41 Å². The minimum atomic E-state index is -4.34. The average Bonchev–Trinajstić information content (AvgIpc) is 3.41. The number of nitrogens with zero attached hydrogens (tertiary/aromatic N) is 1. The number of carbonyl (C=O) groups excluding carboxylic acids is 1. The summed E-state index contributed by atoms with van der Waals surface area (Å²) in [6, 6.07) is 7.55. The normalized spacial score (nSPS) is 18.8. The van der Waals surface area contributed by atoms with Crippen LogP contribution in [0.2, 0.25) is 0 Å². The van der Waals surface area contributed by atoms with Crippen molar-refractivity contribution in [1.82, 2.24) is 0 Å². The zero-order valence-corrected chi connectivity index (χ0v) is 19.4. The van der Waals surface area contributed by atoms with E-state index in [4.69, 9.17) is 0 Å². The highest BCUT2D eigenvalue weighted by Crippen LogP contribution is 2.48. The summed E-state index contributed by atoms with van der Waals surface area (Å²) in [5.41, 5.74) is 5.68. The Morgan fingerprint density at radius 1 is 1.16 bits per heavy atom. The van der Waals surface area contributed by atoms with Crippen LogP contribution >= 0.6 is 0 Å². The smallest absolute Gasteiger partial charge is 0.377 e. The fourth-order valence-electron chi connectivity index (χ4n) is 4.98. The second kappa shape index (κ2) is 7.60. The first-order valence-corrected chi connectivity index (χ1v) is 11.2. The number of anilines is 2. The molecule has 1 heterocycles. The lowest BCUT2D eigenvalue weighted by Gasteiger charge is -2.47. The Morgan fingerprint density at radius 2 is 1.78 bits per heavy atom. The molecule has 0 atom stereocenters. The number of hydrogen-bond donors (Lipinski definition) is 1. The van der Waals surface area contributed by atoms with E-state index in [1.165, 1.54) is 5.56 Å². The van der Waals surface area contributed by atoms with E-state index in [1.54, 1.807) is 12.1 Å². The molecule has 32 heavy (non-hydrogen) atoms. The van der Waals surface area contributed by atoms with Crippen LogP contribution in [-0.2, 0) is 22.7 Å². The molecule has 0 radical (unpaired) electrons. The summed E-state index contributed by atoms with van der Waals surface area (Å²) in [5, 5.41) is 2.76. The Labute approximate surface area is 189 Å². The maximum atomic E-state index is 13.0. The Kier molecular flexibility index (Phi) is 5.42. The van der Waals surface area contributed by atoms with E-state index in [2.05, 4.69) is 45.8 Å². The van der Waals surface area contributed by atoms with Crippen LogP contribution in [0.4, 0.5) is 24.5 Å². The molecule has 1 fully saturated rings. The second-order valence-electron chi connectivity index (χ2n) is 10.3. The van der Waals surface area contributed by atoms with Gasteiger partial charge in [-0.2, -0.15) is 13.2 Å². The van der Waals surface area contributed by atoms with Gasteiger partial charge in [0.05, 0.1) is 5.56 Å². The van der Waals surface area contributed by atoms with E-state index in [-0.39, 0.29) is 11.3 Å². The Morgan fingerprint density at radius 3 is 2.34 bits per heavy atom. The van der Waals surface area contributed by atoms with Gasteiger partial charge in [-0.3, -0.25) is 4.79 Å². The summed E-state index contributed by atoms with van der Waals surface area (Å²) < 4.78 is 38.9. The minimum absolute atomic E-state index is 0.0672. The lowest BCUT2D eigenvalue weighted by molar-refractivity contribution is -0.137. The molecule has 2 aromatic carbocycles. The highest BCUT2D eigenvalue weighted by atomic mass is 19.4. The molecule has 0 bridgehead atoms. The number of halogens is 3. The number of carbonyl (C=O) groups is 1. The zero-order chi connectivity index (χ0) is 23.5. The first kappa shape index (κ1) is 22.8. The molecule has 1 aliphatic heterocycles. The number of benzene rings is 2. The Hall–Kier alpha value is -2.37. The Balaban J connectivity index is 1.63. The molecule has 2 aliphatic rings. The average molecular weight is 440 g/mol. The molecule has 1 aliphatic carbocycles. The second-order valence-corrected chi connectivity index (χ2v) is 10.3. The predicted molar refractivity (Wildman–Crippen MR) is 128 cm³/mol. The number of rotatable bonds is 4. The molecule has 0 aromatic heterocycles. The fourth-order valence-corrected chi connectivity index (χ4v) is 4.98. The highest BCUT2D eigenvalue weighted by molar-refractivity contribution is 6.41. The van der Waals surface area contributed by atoms with Gasteiger partial charge in [-0.25, -0.2) is 0 Å². The van der Waals surface area contributed by atoms with E-state index in [9.17, 15) is 18.0 Å². The molecular formula is C24H29B2F3N2O. The van der Waals surface area contributed by atoms with Crippen molar-refractivity contribution in [3.05, 3.63) is 58.1 Å². The van der Waals surface area contributed by atoms with E-state index >= 15 is 0 Å². The van der Waals surface area contributed by atoms with Crippen LogP contribution in [-0.4, -0.2) is 28.1 Å². The molecule has 8 heteroatoms. The van der Waals surface area contributed by atoms with Crippen molar-refractivity contribution in [2.75, 3.05) is 16.8 Å². The van der Waals surface area contributed by atoms with Crippen molar-refractivity contribution < 1.29 is 18.0 Å². The van der Waals surface area contributed by atoms with Gasteiger partial charge in [0, 0.05) is 29.7 Å². The van der Waals surface area contributed by atoms with E-state index in [0.717, 1.165) is 59.5 Å². The summed E-state index contributed by atoms with van der Waals surface area (Å²) in [6.07, 6.45) is -0.801. The van der Waals surface area contributed by atoms with Crippen LogP contribution in [0.1, 0.15) is 54.0 Å². The van der Waals surface area contributed by atoms with Crippen LogP contribution in [0.25, 0.3) is 0 Å². The standard InChI is InChI=1S/C24H29B2F3N2O/c1-14-12-19-18(15(2)21(14)30-20(32)13-22(3)9-10-22)8-11-31(23(19,25)26)17-6-4-16(5-7-17)24(27,28)29/h4-7,12H,8-11,13,25-26H2,1-3H3,(H,30,32). The molecule has 1 saturated carbocycles. The van der Waals surface area contributed by atoms with Crippen molar-refractivity contribution in [3.8, 4) is 0 Å². The molecule has 0 spiro atoms. The third-order valence-electron chi connectivity index (χ3n) is 7.29. The van der Waals surface area contributed by atoms with E-state index in [1.807, 2.05) is 6.92 Å². The van der Waals surface area contributed by atoms with Gasteiger partial charge in [0.25, 0.3) is 0 Å². The zero-order valence-electron chi connectivity index (χ0n) is 19.4. The van der Waals surface area contributed by atoms with E-state index in [0.29, 0.717) is 13.0 Å². The van der Waals surface area contributed by atoms with Crippen LogP contribution < -0.4 is 10.2 Å². The number of aryl methyl sites for hydroxylation is 1. The third-order valence-corrected chi connectivity index (χ3v) is 7.29. The maximum absolute atomic E-state index is 13.0. The van der Waals surface area contributed by atoms with Gasteiger partial charge in [-0.1, -0.05) is 13.0 Å². The molecule has 3 nitrogen and oxygen atoms in total. The molecule has 168 valence electrons. The van der Waals surface area contributed by atoms with Crippen LogP contribution in [0.3, 0.4) is 0 Å². The van der Waals surface area contributed by atoms with Crippen LogP contribution in [0.15, 0.2) is 30.3 Å². The van der Waals surface area contributed by atoms with Crippen molar-refractivity contribution in [1.29, 1.82) is 0 Å². The van der Waals surface area contributed by atoms with Gasteiger partial charge in [-0.05, 0) is 85.0 Å². The van der Waals surface area contributed by atoms with Crippen LogP contribution in [0.5, 0.6) is 0 Å². The van der Waals surface area contributed by atoms with Crippen molar-refractivity contribution >= 4 is 33.0 Å². The first-order chi connectivity index (χ1) is 14.8. The first-order valence-electron chi connectivity index (χ1n) is 11.2. The minimum Gasteiger partial charge on any atom is -0.377 e. The molecule has 2 aromatic rings. The van der Waals surface area contributed by atoms with Gasteiger partial charge >= 0.3 is 6.18 Å². The van der Waals surface area contributed by atoms with E-state index < -0.39 is 17.1 Å². The van der Waals surface area contributed by atoms with Gasteiger partial charge < -0.3 is 10.2 Å². The number of hydrogen-bond acceptors (Lipinski definition) is 2. The molecule has 4 rings (SSSR count). The van der Waals surface area contributed by atoms with Crippen LogP contribution in [0, 0.1) is 19.3 Å². The van der Waals surface area contributed by atoms with Crippen molar-refractivity contribution in [3.63, 3.8) is 0 Å². The summed E-state index contributed by atoms with van der Waals surface area (Å²) >= 11 is 0. The lowest BCUT2D eigenvalue weighted by atomic mass is 9.54. The predicted octanol–water partition coefficient (Wildman–Crippen LogP) is 3.89. The van der Waals surface area contributed by atoms with Crippen molar-refractivity contribution in [2.45, 2.75) is 58.0 Å². The number of amides is 1. The number of alkyl halides is 3. The molecule has 0 unspecified atom stereocenters. The molecule has 1 amide bonds. The van der Waals surface area contributed by atoms with Gasteiger partial charge in [-0.15, -0.1) is 0 Å². The lowest BCUT2D eigenvalue weighted by Crippen LogP contribution is -2.52. The van der Waals surface area contributed by atoms with Gasteiger partial charge in [0.15, 0.2) is 0 Å². The third kappa shape index (κ3) is 4.16. The fraction of sp³-hybridized carbons (Fsp3) is 0.458. The molecule has 1 N–H and O–H groups in total. The number of nitrogens with one attached hydrogen (secondary N) is 1. The highest BCUT2D eigenvalue weighted by Gasteiger charge is 2.40. The molecule has 0 saturated heterocycles. The van der Waals surface area contributed by atoms with Gasteiger partial charge in [0.2, 0.25) is 5.91 Å². The SMILES string of the molecule is BC1(B)c2cc(C)c(NC(=O)CC3(C)CC3)c(C)c2CCN1c1ccc(C(F)(F)F)cc1. The quantitative estimate of drug-likeness (QED) is 0.733. The summed E-state index contributed by atoms with van der Waals surface area (Å²) in [5.74, 6) is 0.0672.